The maximum atomic E-state index is 9.98. The van der Waals surface area contributed by atoms with Gasteiger partial charge in [0.25, 0.3) is 10.1 Å². The van der Waals surface area contributed by atoms with Crippen molar-refractivity contribution in [2.75, 3.05) is 11.9 Å². The van der Waals surface area contributed by atoms with E-state index in [0.29, 0.717) is 0 Å². The molecule has 0 amide bonds. The van der Waals surface area contributed by atoms with Gasteiger partial charge in [-0.25, -0.2) is 0 Å². The molecule has 70 valence electrons. The van der Waals surface area contributed by atoms with E-state index < -0.39 is 29.6 Å². The van der Waals surface area contributed by atoms with E-state index >= 15 is 0 Å². The second kappa shape index (κ2) is 5.63. The zero-order valence-corrected chi connectivity index (χ0v) is 10.1. The molecule has 9 heteroatoms. The summed E-state index contributed by atoms with van der Waals surface area (Å²) >= 11 is 0. The summed E-state index contributed by atoms with van der Waals surface area (Å²) in [4.78, 5) is 19.8. The summed E-state index contributed by atoms with van der Waals surface area (Å²) in [5, 5.41) is 0. The number of hydrogen-bond donors (Lipinski definition) is 1. The van der Waals surface area contributed by atoms with E-state index in [9.17, 15) is 22.8 Å². The average Bonchev–Trinajstić information content (AvgIpc) is 1.55. The van der Waals surface area contributed by atoms with Crippen LogP contribution in [0.3, 0.4) is 0 Å². The standard InChI is InChI=1S/C3H9O6PS.Zr/c4-10(5,6)2-1-3-11(7,8)9;/h1-3H2,(H2,4,5,6)(H,7,8,9);/q;+2/p-2. The summed E-state index contributed by atoms with van der Waals surface area (Å²) in [6.45, 7) is 0. The van der Waals surface area contributed by atoms with E-state index in [4.69, 9.17) is 4.55 Å². The second-order valence-corrected chi connectivity index (χ2v) is 5.22. The van der Waals surface area contributed by atoms with Crippen LogP contribution in [0.2, 0.25) is 0 Å². The molecule has 0 bridgehead atoms. The summed E-state index contributed by atoms with van der Waals surface area (Å²) in [5.74, 6) is -0.693. The van der Waals surface area contributed by atoms with Gasteiger partial charge in [0.1, 0.15) is 0 Å². The van der Waals surface area contributed by atoms with Crippen LogP contribution >= 0.6 is 7.60 Å². The quantitative estimate of drug-likeness (QED) is 0.481. The van der Waals surface area contributed by atoms with Gasteiger partial charge in [-0.15, -0.1) is 0 Å². The van der Waals surface area contributed by atoms with Crippen LogP contribution in [0, 0.1) is 0 Å². The minimum Gasteiger partial charge on any atom is -0.811 e. The molecule has 0 spiro atoms. The van der Waals surface area contributed by atoms with Crippen LogP contribution in [0.25, 0.3) is 0 Å². The Morgan fingerprint density at radius 1 is 1.33 bits per heavy atom. The zero-order chi connectivity index (χ0) is 9.12. The summed E-state index contributed by atoms with van der Waals surface area (Å²) in [6, 6.07) is 0. The molecule has 0 unspecified atom stereocenters. The van der Waals surface area contributed by atoms with E-state index in [0.717, 1.165) is 0 Å². The Hall–Kier alpha value is 0.943. The van der Waals surface area contributed by atoms with Crippen molar-refractivity contribution < 1.29 is 53.5 Å². The summed E-state index contributed by atoms with van der Waals surface area (Å²) in [6.07, 6.45) is -1.10. The number of hydrogen-bond acceptors (Lipinski definition) is 5. The molecule has 0 aromatic carbocycles. The Kier molecular flexibility index (Phi) is 7.23. The van der Waals surface area contributed by atoms with Gasteiger partial charge < -0.3 is 14.4 Å². The van der Waals surface area contributed by atoms with Crippen LogP contribution in [0.5, 0.6) is 0 Å². The molecule has 0 aromatic rings. The largest absolute Gasteiger partial charge is 2.00 e. The molecular formula is C3H7O6PSZr. The van der Waals surface area contributed by atoms with Crippen LogP contribution < -0.4 is 9.79 Å². The SMILES string of the molecule is O=P([O-])([O-])CCCS(=O)(=O)O.[Zr+2]. The molecular weight excluding hydrogens is 286 g/mol. The Labute approximate surface area is 89.4 Å². The van der Waals surface area contributed by atoms with Gasteiger partial charge in [-0.2, -0.15) is 8.42 Å². The van der Waals surface area contributed by atoms with Crippen LogP contribution in [0.15, 0.2) is 0 Å². The molecule has 0 aromatic heterocycles. The molecule has 0 aliphatic rings. The predicted molar refractivity (Wildman–Crippen MR) is 33.5 cm³/mol. The third-order valence-corrected chi connectivity index (χ3v) is 2.50. The van der Waals surface area contributed by atoms with Gasteiger partial charge in [-0.05, 0) is 12.6 Å². The van der Waals surface area contributed by atoms with E-state index in [-0.39, 0.29) is 32.6 Å². The average molecular weight is 293 g/mol. The van der Waals surface area contributed by atoms with Gasteiger partial charge in [-0.3, -0.25) is 4.55 Å². The summed E-state index contributed by atoms with van der Waals surface area (Å²) in [5.41, 5.74) is 0. The predicted octanol–water partition coefficient (Wildman–Crippen LogP) is -1.82. The molecule has 0 heterocycles. The monoisotopic (exact) mass is 292 g/mol. The molecule has 0 fully saturated rings. The topological polar surface area (TPSA) is 118 Å². The van der Waals surface area contributed by atoms with Gasteiger partial charge in [0.05, 0.1) is 5.75 Å². The van der Waals surface area contributed by atoms with Crippen molar-refractivity contribution in [3.8, 4) is 0 Å². The Balaban J connectivity index is 0. The van der Waals surface area contributed by atoms with Crippen molar-refractivity contribution in [3.05, 3.63) is 0 Å². The van der Waals surface area contributed by atoms with Crippen LogP contribution in [0.4, 0.5) is 0 Å². The first kappa shape index (κ1) is 15.4. The van der Waals surface area contributed by atoms with Gasteiger partial charge >= 0.3 is 26.2 Å². The maximum Gasteiger partial charge on any atom is 2.00 e. The second-order valence-electron chi connectivity index (χ2n) is 1.97. The van der Waals surface area contributed by atoms with E-state index in [1.807, 2.05) is 0 Å². The molecule has 0 atom stereocenters. The van der Waals surface area contributed by atoms with Gasteiger partial charge in [0.15, 0.2) is 0 Å². The molecule has 12 heavy (non-hydrogen) atoms. The van der Waals surface area contributed by atoms with Crippen LogP contribution in [-0.2, 0) is 40.9 Å². The summed E-state index contributed by atoms with van der Waals surface area (Å²) in [7, 11) is -8.77. The molecule has 0 aliphatic heterocycles. The van der Waals surface area contributed by atoms with Gasteiger partial charge in [0, 0.05) is 0 Å². The van der Waals surface area contributed by atoms with Crippen molar-refractivity contribution in [1.82, 2.24) is 0 Å². The first-order chi connectivity index (χ1) is 4.71. The fourth-order valence-electron chi connectivity index (χ4n) is 0.441. The van der Waals surface area contributed by atoms with E-state index in [2.05, 4.69) is 0 Å². The van der Waals surface area contributed by atoms with Crippen molar-refractivity contribution >= 4 is 17.7 Å². The molecule has 0 radical (unpaired) electrons. The van der Waals surface area contributed by atoms with Crippen molar-refractivity contribution in [2.45, 2.75) is 6.42 Å². The Bertz CT molecular complexity index is 254. The minimum atomic E-state index is -4.63. The normalized spacial score (nSPS) is 12.2. The Morgan fingerprint density at radius 3 is 2.00 bits per heavy atom. The van der Waals surface area contributed by atoms with E-state index in [1.165, 1.54) is 0 Å². The minimum absolute atomic E-state index is 0. The molecule has 0 rings (SSSR count). The van der Waals surface area contributed by atoms with Crippen molar-refractivity contribution in [2.24, 2.45) is 0 Å². The van der Waals surface area contributed by atoms with Crippen LogP contribution in [-0.4, -0.2) is 24.9 Å². The molecule has 0 saturated carbocycles. The van der Waals surface area contributed by atoms with E-state index in [1.54, 1.807) is 0 Å². The third-order valence-electron chi connectivity index (χ3n) is 0.834. The molecule has 1 N–H and O–H groups in total. The fourth-order valence-corrected chi connectivity index (χ4v) is 1.71. The zero-order valence-electron chi connectivity index (χ0n) is 5.97. The summed E-state index contributed by atoms with van der Waals surface area (Å²) < 4.78 is 38.0. The van der Waals surface area contributed by atoms with Crippen molar-refractivity contribution in [1.29, 1.82) is 0 Å². The third kappa shape index (κ3) is 13.5. The first-order valence-corrected chi connectivity index (χ1v) is 6.01. The maximum absolute atomic E-state index is 9.98. The fraction of sp³-hybridized carbons (Fsp3) is 1.00. The number of rotatable bonds is 4. The van der Waals surface area contributed by atoms with Crippen molar-refractivity contribution in [3.63, 3.8) is 0 Å². The Morgan fingerprint density at radius 2 is 1.75 bits per heavy atom. The van der Waals surface area contributed by atoms with Gasteiger partial charge in [-0.1, -0.05) is 7.60 Å². The molecule has 0 aliphatic carbocycles. The van der Waals surface area contributed by atoms with Crippen LogP contribution in [0.1, 0.15) is 6.42 Å². The van der Waals surface area contributed by atoms with Gasteiger partial charge in [0.2, 0.25) is 0 Å². The smallest absolute Gasteiger partial charge is 0.811 e. The first-order valence-electron chi connectivity index (χ1n) is 2.67. The molecule has 6 nitrogen and oxygen atoms in total. The molecule has 0 saturated heterocycles.